The molecule has 2 bridgehead atoms. The summed E-state index contributed by atoms with van der Waals surface area (Å²) in [6.45, 7) is 9.14. The van der Waals surface area contributed by atoms with Crippen molar-refractivity contribution < 1.29 is 52.8 Å². The summed E-state index contributed by atoms with van der Waals surface area (Å²) in [6.07, 6.45) is 0.272. The maximum atomic E-state index is 15.1. The summed E-state index contributed by atoms with van der Waals surface area (Å²) in [7, 11) is 0. The molecule has 4 aliphatic carbocycles. The number of esters is 3. The highest BCUT2D eigenvalue weighted by molar-refractivity contribution is 5.93. The van der Waals surface area contributed by atoms with Gasteiger partial charge in [-0.15, -0.1) is 0 Å². The Morgan fingerprint density at radius 1 is 0.930 bits per heavy atom. The maximum absolute atomic E-state index is 15.1. The summed E-state index contributed by atoms with van der Waals surface area (Å²) < 4.78 is 28.9. The first-order valence-electron chi connectivity index (χ1n) is 14.9. The van der Waals surface area contributed by atoms with Crippen LogP contribution in [0.15, 0.2) is 34.7 Å². The average Bonchev–Trinajstić information content (AvgIpc) is 3.56. The van der Waals surface area contributed by atoms with Gasteiger partial charge >= 0.3 is 17.9 Å². The molecule has 0 amide bonds. The normalized spacial score (nSPS) is 46.5. The SMILES string of the molecule is CC(=O)O[C@@H]1OC[C@]23C(C[C@@H](O)[C@@]4(C)C5=CC[C@@H](c6ccoc6)[C@]5(C)[C@@H](OC(C)=O)C(=O)[C@@H]42)[C@]1(C)[C@H](OC(C)=O)C[C@@H]3O. The fraction of sp³-hybridized carbons (Fsp3) is 0.688. The molecule has 0 aromatic carbocycles. The van der Waals surface area contributed by atoms with Gasteiger partial charge in [-0.25, -0.2) is 0 Å². The van der Waals surface area contributed by atoms with Crippen LogP contribution in [0.1, 0.15) is 72.3 Å². The fourth-order valence-electron chi connectivity index (χ4n) is 10.1. The second-order valence-electron chi connectivity index (χ2n) is 13.7. The van der Waals surface area contributed by atoms with Gasteiger partial charge in [0.1, 0.15) is 6.10 Å². The van der Waals surface area contributed by atoms with Gasteiger partial charge in [0, 0.05) is 55.3 Å². The molecule has 0 spiro atoms. The minimum Gasteiger partial charge on any atom is -0.472 e. The van der Waals surface area contributed by atoms with Crippen molar-refractivity contribution in [1.82, 2.24) is 0 Å². The van der Waals surface area contributed by atoms with E-state index in [1.807, 2.05) is 26.0 Å². The van der Waals surface area contributed by atoms with Gasteiger partial charge in [0.25, 0.3) is 0 Å². The maximum Gasteiger partial charge on any atom is 0.304 e. The smallest absolute Gasteiger partial charge is 0.304 e. The Kier molecular flexibility index (Phi) is 6.80. The Morgan fingerprint density at radius 2 is 1.60 bits per heavy atom. The van der Waals surface area contributed by atoms with Crippen molar-refractivity contribution in [2.45, 2.75) is 97.4 Å². The Balaban J connectivity index is 1.55. The summed E-state index contributed by atoms with van der Waals surface area (Å²) in [5.41, 5.74) is -3.01. The molecule has 1 unspecified atom stereocenters. The van der Waals surface area contributed by atoms with Gasteiger partial charge in [-0.05, 0) is 37.3 Å². The lowest BCUT2D eigenvalue weighted by Crippen LogP contribution is -2.79. The third kappa shape index (κ3) is 3.77. The number of furan rings is 1. The first-order valence-corrected chi connectivity index (χ1v) is 14.9. The van der Waals surface area contributed by atoms with E-state index in [9.17, 15) is 24.6 Å². The van der Waals surface area contributed by atoms with Gasteiger partial charge in [-0.3, -0.25) is 19.2 Å². The molecule has 0 radical (unpaired) electrons. The molecule has 6 rings (SSSR count). The van der Waals surface area contributed by atoms with E-state index in [1.165, 1.54) is 20.8 Å². The summed E-state index contributed by atoms with van der Waals surface area (Å²) in [6, 6.07) is 1.83. The molecule has 1 aliphatic heterocycles. The third-order valence-electron chi connectivity index (χ3n) is 11.8. The second kappa shape index (κ2) is 9.74. The Labute approximate surface area is 249 Å². The summed E-state index contributed by atoms with van der Waals surface area (Å²) in [5.74, 6) is -4.18. The molecule has 1 aromatic rings. The molecular weight excluding hydrogens is 560 g/mol. The Morgan fingerprint density at radius 3 is 2.21 bits per heavy atom. The molecule has 1 aromatic heterocycles. The van der Waals surface area contributed by atoms with Gasteiger partial charge < -0.3 is 33.6 Å². The highest BCUT2D eigenvalue weighted by Gasteiger charge is 2.80. The van der Waals surface area contributed by atoms with Gasteiger partial charge in [0.05, 0.1) is 36.8 Å². The number of aliphatic hydroxyl groups is 2. The number of rotatable bonds is 4. The van der Waals surface area contributed by atoms with Gasteiger partial charge in [0.15, 0.2) is 11.9 Å². The van der Waals surface area contributed by atoms with Crippen molar-refractivity contribution in [2.24, 2.45) is 33.5 Å². The molecule has 4 fully saturated rings. The first kappa shape index (κ1) is 30.0. The van der Waals surface area contributed by atoms with E-state index in [2.05, 4.69) is 0 Å². The molecule has 11 heteroatoms. The number of Topliss-reactive ketones (excluding diaryl/α,β-unsaturated/α-hetero) is 1. The number of carbonyl (C=O) groups excluding carboxylic acids is 4. The van der Waals surface area contributed by atoms with Crippen LogP contribution in [0.2, 0.25) is 0 Å². The minimum absolute atomic E-state index is 0.0319. The van der Waals surface area contributed by atoms with Crippen molar-refractivity contribution in [1.29, 1.82) is 0 Å². The van der Waals surface area contributed by atoms with Crippen LogP contribution >= 0.6 is 0 Å². The predicted molar refractivity (Wildman–Crippen MR) is 147 cm³/mol. The van der Waals surface area contributed by atoms with Crippen molar-refractivity contribution >= 4 is 23.7 Å². The molecule has 3 saturated carbocycles. The van der Waals surface area contributed by atoms with Crippen LogP contribution in [-0.4, -0.2) is 71.2 Å². The highest BCUT2D eigenvalue weighted by Crippen LogP contribution is 2.75. The van der Waals surface area contributed by atoms with E-state index >= 15 is 4.79 Å². The van der Waals surface area contributed by atoms with Crippen molar-refractivity contribution in [3.05, 3.63) is 35.8 Å². The lowest BCUT2D eigenvalue weighted by atomic mass is 9.34. The molecule has 2 heterocycles. The molecule has 11 nitrogen and oxygen atoms in total. The number of ketones is 1. The van der Waals surface area contributed by atoms with E-state index in [0.29, 0.717) is 6.42 Å². The van der Waals surface area contributed by atoms with Gasteiger partial charge in [-0.1, -0.05) is 25.5 Å². The van der Waals surface area contributed by atoms with E-state index < -0.39 is 87.9 Å². The highest BCUT2D eigenvalue weighted by atomic mass is 16.7. The summed E-state index contributed by atoms with van der Waals surface area (Å²) >= 11 is 0. The third-order valence-corrected chi connectivity index (χ3v) is 11.8. The molecule has 5 aliphatic rings. The van der Waals surface area contributed by atoms with E-state index in [0.717, 1.165) is 11.1 Å². The lowest BCUT2D eigenvalue weighted by Gasteiger charge is -2.72. The topological polar surface area (TPSA) is 159 Å². The average molecular weight is 601 g/mol. The zero-order valence-electron chi connectivity index (χ0n) is 25.3. The summed E-state index contributed by atoms with van der Waals surface area (Å²) in [5, 5.41) is 24.3. The standard InChI is InChI=1S/C32H40O11/c1-15(33)41-24-12-23(37)32-14-40-28(43-17(3)35)31(24,6)21(32)11-22(36)30(5)20-8-7-19(18-9-10-39-13-18)29(20,4)27(42-16(2)34)25(38)26(30)32/h8-10,13,19,21-24,26-28,36-37H,7,11-12,14H2,1-6H3/t19-,21?,22+,23-,24+,26-,27-,28-,29-,30+,31+,32+/m0/s1. The summed E-state index contributed by atoms with van der Waals surface area (Å²) in [4.78, 5) is 52.0. The van der Waals surface area contributed by atoms with E-state index in [4.69, 9.17) is 23.4 Å². The number of carbonyl (C=O) groups is 4. The van der Waals surface area contributed by atoms with Crippen LogP contribution in [0.3, 0.4) is 0 Å². The Bertz CT molecular complexity index is 1380. The van der Waals surface area contributed by atoms with Crippen LogP contribution in [0.25, 0.3) is 0 Å². The zero-order valence-corrected chi connectivity index (χ0v) is 25.3. The molecule has 1 saturated heterocycles. The zero-order chi connectivity index (χ0) is 31.3. The monoisotopic (exact) mass is 600 g/mol. The first-order chi connectivity index (χ1) is 20.1. The molecule has 234 valence electrons. The van der Waals surface area contributed by atoms with Crippen molar-refractivity contribution in [3.8, 4) is 0 Å². The van der Waals surface area contributed by atoms with Crippen LogP contribution in [0.5, 0.6) is 0 Å². The van der Waals surface area contributed by atoms with Crippen LogP contribution in [0, 0.1) is 33.5 Å². The molecule has 12 atom stereocenters. The fourth-order valence-corrected chi connectivity index (χ4v) is 10.1. The number of allylic oxidation sites excluding steroid dienone is 1. The van der Waals surface area contributed by atoms with E-state index in [1.54, 1.807) is 19.5 Å². The quantitative estimate of drug-likeness (QED) is 0.297. The van der Waals surface area contributed by atoms with Crippen LogP contribution < -0.4 is 0 Å². The number of aliphatic hydroxyl groups excluding tert-OH is 2. The largest absolute Gasteiger partial charge is 0.472 e. The van der Waals surface area contributed by atoms with Crippen LogP contribution in [0.4, 0.5) is 0 Å². The predicted octanol–water partition coefficient (Wildman–Crippen LogP) is 2.83. The van der Waals surface area contributed by atoms with Crippen molar-refractivity contribution in [3.63, 3.8) is 0 Å². The molecule has 43 heavy (non-hydrogen) atoms. The second-order valence-corrected chi connectivity index (χ2v) is 13.7. The van der Waals surface area contributed by atoms with Gasteiger partial charge in [-0.2, -0.15) is 0 Å². The van der Waals surface area contributed by atoms with Gasteiger partial charge in [0.2, 0.25) is 6.29 Å². The number of ether oxygens (including phenoxy) is 4. The molecular formula is C32H40O11. The van der Waals surface area contributed by atoms with Crippen molar-refractivity contribution in [2.75, 3.05) is 6.61 Å². The lowest BCUT2D eigenvalue weighted by molar-refractivity contribution is -0.364. The number of fused-ring (bicyclic) bond motifs is 3. The number of hydrogen-bond donors (Lipinski definition) is 2. The number of hydrogen-bond acceptors (Lipinski definition) is 11. The Hall–Kier alpha value is -3.02. The van der Waals surface area contributed by atoms with Crippen LogP contribution in [-0.2, 0) is 38.1 Å². The molecule has 2 N–H and O–H groups in total. The van der Waals surface area contributed by atoms with E-state index in [-0.39, 0.29) is 25.4 Å². The minimum atomic E-state index is -1.28.